The molecule has 0 bridgehead atoms. The zero-order chi connectivity index (χ0) is 13.4. The van der Waals surface area contributed by atoms with E-state index in [2.05, 4.69) is 9.97 Å². The van der Waals surface area contributed by atoms with Crippen molar-refractivity contribution in [3.8, 4) is 0 Å². The second kappa shape index (κ2) is 4.47. The molecule has 2 heterocycles. The van der Waals surface area contributed by atoms with Crippen molar-refractivity contribution in [1.82, 2.24) is 14.5 Å². The quantitative estimate of drug-likeness (QED) is 0.796. The summed E-state index contributed by atoms with van der Waals surface area (Å²) in [7, 11) is 0. The van der Waals surface area contributed by atoms with Crippen LogP contribution in [0.2, 0.25) is 0 Å². The highest BCUT2D eigenvalue weighted by atomic mass is 32.1. The fraction of sp³-hybridized carbons (Fsp3) is 0.154. The van der Waals surface area contributed by atoms with Crippen LogP contribution in [0, 0.1) is 6.92 Å². The predicted molar refractivity (Wildman–Crippen MR) is 72.6 cm³/mol. The number of fused-ring (bicyclic) bond motifs is 1. The molecule has 0 amide bonds. The first-order chi connectivity index (χ1) is 9.15. The number of para-hydroxylation sites is 1. The molecule has 2 aromatic heterocycles. The highest BCUT2D eigenvalue weighted by molar-refractivity contribution is 7.09. The molecule has 5 nitrogen and oxygen atoms in total. The van der Waals surface area contributed by atoms with Gasteiger partial charge in [0, 0.05) is 11.1 Å². The second-order valence-corrected chi connectivity index (χ2v) is 5.18. The minimum Gasteiger partial charge on any atom is -0.478 e. The van der Waals surface area contributed by atoms with Crippen molar-refractivity contribution < 1.29 is 9.90 Å². The first-order valence-corrected chi connectivity index (χ1v) is 6.61. The molecular formula is C13H11N3O2S. The second-order valence-electron chi connectivity index (χ2n) is 4.23. The minimum atomic E-state index is -0.942. The fourth-order valence-corrected chi connectivity index (χ4v) is 2.81. The van der Waals surface area contributed by atoms with Crippen molar-refractivity contribution in [1.29, 1.82) is 0 Å². The van der Waals surface area contributed by atoms with E-state index in [4.69, 9.17) is 0 Å². The van der Waals surface area contributed by atoms with Crippen LogP contribution in [0.15, 0.2) is 29.9 Å². The number of rotatable bonds is 3. The lowest BCUT2D eigenvalue weighted by atomic mass is 10.2. The summed E-state index contributed by atoms with van der Waals surface area (Å²) in [4.78, 5) is 19.9. The minimum absolute atomic E-state index is 0.267. The molecule has 19 heavy (non-hydrogen) atoms. The van der Waals surface area contributed by atoms with Gasteiger partial charge in [0.15, 0.2) is 0 Å². The normalized spacial score (nSPS) is 11.0. The van der Waals surface area contributed by atoms with Crippen molar-refractivity contribution in [3.63, 3.8) is 0 Å². The third-order valence-corrected chi connectivity index (χ3v) is 3.79. The van der Waals surface area contributed by atoms with Gasteiger partial charge in [0.05, 0.1) is 29.5 Å². The maximum atomic E-state index is 11.3. The number of aromatic nitrogens is 3. The van der Waals surface area contributed by atoms with Crippen LogP contribution >= 0.6 is 11.3 Å². The number of carboxylic acid groups (broad SMARTS) is 1. The van der Waals surface area contributed by atoms with Crippen molar-refractivity contribution in [3.05, 3.63) is 46.2 Å². The molecule has 0 saturated heterocycles. The average molecular weight is 273 g/mol. The van der Waals surface area contributed by atoms with Crippen molar-refractivity contribution in [2.75, 3.05) is 0 Å². The summed E-state index contributed by atoms with van der Waals surface area (Å²) in [5.74, 6) is -0.942. The number of carboxylic acids is 1. The van der Waals surface area contributed by atoms with Crippen LogP contribution in [-0.2, 0) is 6.54 Å². The Morgan fingerprint density at radius 1 is 1.47 bits per heavy atom. The Balaban J connectivity index is 2.11. The van der Waals surface area contributed by atoms with Crippen LogP contribution in [0.4, 0.5) is 0 Å². The summed E-state index contributed by atoms with van der Waals surface area (Å²) < 4.78 is 1.83. The largest absolute Gasteiger partial charge is 0.478 e. The maximum absolute atomic E-state index is 11.3. The van der Waals surface area contributed by atoms with Gasteiger partial charge in [0.2, 0.25) is 0 Å². The van der Waals surface area contributed by atoms with Crippen LogP contribution in [0.3, 0.4) is 0 Å². The first-order valence-electron chi connectivity index (χ1n) is 5.73. The highest BCUT2D eigenvalue weighted by Gasteiger charge is 2.14. The molecule has 3 aromatic rings. The zero-order valence-corrected chi connectivity index (χ0v) is 11.0. The summed E-state index contributed by atoms with van der Waals surface area (Å²) >= 11 is 1.56. The molecule has 1 N–H and O–H groups in total. The number of benzene rings is 1. The Bertz CT molecular complexity index is 760. The van der Waals surface area contributed by atoms with E-state index in [9.17, 15) is 9.90 Å². The van der Waals surface area contributed by atoms with E-state index in [0.29, 0.717) is 17.6 Å². The third-order valence-electron chi connectivity index (χ3n) is 2.84. The van der Waals surface area contributed by atoms with Crippen molar-refractivity contribution >= 4 is 28.3 Å². The zero-order valence-electron chi connectivity index (χ0n) is 10.2. The lowest BCUT2D eigenvalue weighted by molar-refractivity contribution is 0.0698. The maximum Gasteiger partial charge on any atom is 0.337 e. The number of imidazole rings is 1. The summed E-state index contributed by atoms with van der Waals surface area (Å²) in [6.07, 6.45) is 1.66. The number of aromatic carboxylic acids is 1. The van der Waals surface area contributed by atoms with E-state index >= 15 is 0 Å². The molecule has 0 aliphatic carbocycles. The topological polar surface area (TPSA) is 68.0 Å². The molecule has 0 saturated carbocycles. The molecule has 96 valence electrons. The molecule has 6 heteroatoms. The summed E-state index contributed by atoms with van der Waals surface area (Å²) in [5, 5.41) is 12.2. The first kappa shape index (κ1) is 11.9. The molecule has 0 radical (unpaired) electrons. The molecule has 0 fully saturated rings. The molecule has 0 spiro atoms. The summed E-state index contributed by atoms with van der Waals surface area (Å²) in [6.45, 7) is 2.48. The van der Waals surface area contributed by atoms with Crippen LogP contribution in [-0.4, -0.2) is 25.6 Å². The fourth-order valence-electron chi connectivity index (χ4n) is 2.04. The standard InChI is InChI=1S/C13H11N3O2S/c1-8-6-19-11(15-8)5-16-7-14-10-4-2-3-9(12(10)16)13(17)18/h2-4,6-7H,5H2,1H3,(H,17,18). The molecule has 1 aromatic carbocycles. The Hall–Kier alpha value is -2.21. The van der Waals surface area contributed by atoms with Gasteiger partial charge in [-0.1, -0.05) is 6.07 Å². The molecule has 0 atom stereocenters. The molecular weight excluding hydrogens is 262 g/mol. The molecule has 3 rings (SSSR count). The Kier molecular flexibility index (Phi) is 2.79. The molecule has 0 aliphatic heterocycles. The predicted octanol–water partition coefficient (Wildman–Crippen LogP) is 2.55. The lowest BCUT2D eigenvalue weighted by Crippen LogP contribution is -2.04. The van der Waals surface area contributed by atoms with Crippen LogP contribution < -0.4 is 0 Å². The van der Waals surface area contributed by atoms with E-state index < -0.39 is 5.97 Å². The lowest BCUT2D eigenvalue weighted by Gasteiger charge is -2.04. The third kappa shape index (κ3) is 2.10. The Morgan fingerprint density at radius 2 is 2.32 bits per heavy atom. The number of hydrogen-bond donors (Lipinski definition) is 1. The van der Waals surface area contributed by atoms with E-state index in [0.717, 1.165) is 10.7 Å². The summed E-state index contributed by atoms with van der Waals surface area (Å²) in [5.41, 5.74) is 2.57. The average Bonchev–Trinajstić information content (AvgIpc) is 2.97. The van der Waals surface area contributed by atoms with Crippen molar-refractivity contribution in [2.45, 2.75) is 13.5 Å². The van der Waals surface area contributed by atoms with Gasteiger partial charge in [-0.05, 0) is 19.1 Å². The smallest absolute Gasteiger partial charge is 0.337 e. The van der Waals surface area contributed by atoms with Gasteiger partial charge in [-0.25, -0.2) is 14.8 Å². The number of aryl methyl sites for hydroxylation is 1. The SMILES string of the molecule is Cc1csc(Cn2cnc3cccc(C(=O)O)c32)n1. The van der Waals surface area contributed by atoms with Crippen LogP contribution in [0.25, 0.3) is 11.0 Å². The van der Waals surface area contributed by atoms with Crippen molar-refractivity contribution in [2.24, 2.45) is 0 Å². The Labute approximate surface area is 113 Å². The molecule has 0 aliphatic rings. The van der Waals surface area contributed by atoms with Gasteiger partial charge < -0.3 is 9.67 Å². The van der Waals surface area contributed by atoms with E-state index in [1.54, 1.807) is 29.8 Å². The van der Waals surface area contributed by atoms with Gasteiger partial charge >= 0.3 is 5.97 Å². The number of carbonyl (C=O) groups is 1. The monoisotopic (exact) mass is 273 g/mol. The Morgan fingerprint density at radius 3 is 3.00 bits per heavy atom. The number of thiazole rings is 1. The van der Waals surface area contributed by atoms with E-state index in [-0.39, 0.29) is 5.56 Å². The van der Waals surface area contributed by atoms with Gasteiger partial charge in [-0.2, -0.15) is 0 Å². The van der Waals surface area contributed by atoms with Gasteiger partial charge in [-0.15, -0.1) is 11.3 Å². The summed E-state index contributed by atoms with van der Waals surface area (Å²) in [6, 6.07) is 5.11. The molecule has 0 unspecified atom stereocenters. The van der Waals surface area contributed by atoms with Gasteiger partial charge in [0.1, 0.15) is 5.01 Å². The van der Waals surface area contributed by atoms with Crippen LogP contribution in [0.5, 0.6) is 0 Å². The van der Waals surface area contributed by atoms with Gasteiger partial charge in [0.25, 0.3) is 0 Å². The van der Waals surface area contributed by atoms with Gasteiger partial charge in [-0.3, -0.25) is 0 Å². The number of hydrogen-bond acceptors (Lipinski definition) is 4. The van der Waals surface area contributed by atoms with E-state index in [1.807, 2.05) is 22.9 Å². The number of nitrogens with zero attached hydrogens (tertiary/aromatic N) is 3. The van der Waals surface area contributed by atoms with E-state index in [1.165, 1.54) is 0 Å². The highest BCUT2D eigenvalue weighted by Crippen LogP contribution is 2.20. The van der Waals surface area contributed by atoms with Crippen LogP contribution in [0.1, 0.15) is 21.1 Å².